The predicted octanol–water partition coefficient (Wildman–Crippen LogP) is 0.132. The van der Waals surface area contributed by atoms with Gasteiger partial charge in [-0.05, 0) is 25.2 Å². The third kappa shape index (κ3) is 6.48. The number of nitrogens with zero attached hydrogens (tertiary/aromatic N) is 1. The summed E-state index contributed by atoms with van der Waals surface area (Å²) in [5.74, 6) is 0.396. The fraction of sp³-hybridized carbons (Fsp3) is 0.818. The van der Waals surface area contributed by atoms with E-state index in [9.17, 15) is 9.59 Å². The summed E-state index contributed by atoms with van der Waals surface area (Å²) in [7, 11) is 0. The molecule has 0 radical (unpaired) electrons. The van der Waals surface area contributed by atoms with E-state index in [1.165, 1.54) is 12.8 Å². The van der Waals surface area contributed by atoms with Crippen LogP contribution < -0.4 is 11.1 Å². The van der Waals surface area contributed by atoms with E-state index in [4.69, 9.17) is 5.73 Å². The Balaban J connectivity index is 0.00000256. The molecule has 3 N–H and O–H groups in total. The average molecular weight is 264 g/mol. The van der Waals surface area contributed by atoms with Gasteiger partial charge in [-0.15, -0.1) is 12.4 Å². The van der Waals surface area contributed by atoms with Gasteiger partial charge in [0.05, 0.1) is 13.1 Å². The summed E-state index contributed by atoms with van der Waals surface area (Å²) in [6.45, 7) is 3.66. The molecule has 0 aromatic carbocycles. The molecule has 0 heterocycles. The Morgan fingerprint density at radius 3 is 2.53 bits per heavy atom. The summed E-state index contributed by atoms with van der Waals surface area (Å²) in [6.07, 6.45) is 3.40. The molecule has 1 saturated carbocycles. The fourth-order valence-electron chi connectivity index (χ4n) is 1.56. The smallest absolute Gasteiger partial charge is 0.241 e. The predicted molar refractivity (Wildman–Crippen MR) is 68.9 cm³/mol. The fourth-order valence-corrected chi connectivity index (χ4v) is 1.56. The van der Waals surface area contributed by atoms with Gasteiger partial charge in [0.2, 0.25) is 11.8 Å². The molecule has 0 spiro atoms. The number of amides is 2. The largest absolute Gasteiger partial charge is 0.346 e. The van der Waals surface area contributed by atoms with Crippen LogP contribution in [0, 0.1) is 5.92 Å². The van der Waals surface area contributed by atoms with Crippen molar-refractivity contribution in [2.75, 3.05) is 26.2 Å². The Morgan fingerprint density at radius 2 is 2.06 bits per heavy atom. The summed E-state index contributed by atoms with van der Waals surface area (Å²) in [6, 6.07) is 0. The molecule has 1 aliphatic rings. The van der Waals surface area contributed by atoms with Crippen LogP contribution in [0.2, 0.25) is 0 Å². The van der Waals surface area contributed by atoms with Gasteiger partial charge >= 0.3 is 0 Å². The first-order valence-corrected chi connectivity index (χ1v) is 5.92. The van der Waals surface area contributed by atoms with Gasteiger partial charge in [-0.3, -0.25) is 9.59 Å². The van der Waals surface area contributed by atoms with Crippen molar-refractivity contribution in [1.82, 2.24) is 10.2 Å². The van der Waals surface area contributed by atoms with Crippen LogP contribution >= 0.6 is 12.4 Å². The summed E-state index contributed by atoms with van der Waals surface area (Å²) < 4.78 is 0. The lowest BCUT2D eigenvalue weighted by molar-refractivity contribution is -0.132. The lowest BCUT2D eigenvalue weighted by atomic mass is 10.3. The minimum atomic E-state index is -0.281. The number of nitrogens with one attached hydrogen (secondary N) is 1. The molecule has 0 bridgehead atoms. The molecular formula is C11H22ClN3O2. The zero-order chi connectivity index (χ0) is 12.0. The molecule has 0 aromatic heterocycles. The normalized spacial score (nSPS) is 13.8. The number of rotatable bonds is 7. The van der Waals surface area contributed by atoms with Crippen LogP contribution in [0.1, 0.15) is 26.2 Å². The molecule has 0 aliphatic heterocycles. The highest BCUT2D eigenvalue weighted by molar-refractivity contribution is 5.85. The van der Waals surface area contributed by atoms with Crippen molar-refractivity contribution in [1.29, 1.82) is 0 Å². The highest BCUT2D eigenvalue weighted by atomic mass is 35.5. The number of hydrogen-bond acceptors (Lipinski definition) is 3. The van der Waals surface area contributed by atoms with Crippen molar-refractivity contribution in [3.05, 3.63) is 0 Å². The molecule has 0 aromatic rings. The monoisotopic (exact) mass is 263 g/mol. The lowest BCUT2D eigenvalue weighted by Crippen LogP contribution is -2.43. The number of carbonyl (C=O) groups excluding carboxylic acids is 2. The molecule has 100 valence electrons. The van der Waals surface area contributed by atoms with Gasteiger partial charge in [0.1, 0.15) is 0 Å². The molecule has 0 atom stereocenters. The van der Waals surface area contributed by atoms with E-state index in [1.54, 1.807) is 0 Å². The van der Waals surface area contributed by atoms with Crippen molar-refractivity contribution >= 4 is 24.2 Å². The van der Waals surface area contributed by atoms with Crippen LogP contribution in [0.25, 0.3) is 0 Å². The summed E-state index contributed by atoms with van der Waals surface area (Å²) in [4.78, 5) is 24.6. The van der Waals surface area contributed by atoms with E-state index < -0.39 is 0 Å². The Labute approximate surface area is 109 Å². The van der Waals surface area contributed by atoms with Crippen LogP contribution in [-0.4, -0.2) is 42.9 Å². The Kier molecular flexibility index (Phi) is 7.91. The molecule has 1 aliphatic carbocycles. The van der Waals surface area contributed by atoms with Crippen molar-refractivity contribution in [2.45, 2.75) is 26.2 Å². The second kappa shape index (κ2) is 8.31. The van der Waals surface area contributed by atoms with Gasteiger partial charge in [-0.25, -0.2) is 0 Å². The van der Waals surface area contributed by atoms with E-state index in [1.807, 2.05) is 11.8 Å². The Hall–Kier alpha value is -0.810. The highest BCUT2D eigenvalue weighted by Crippen LogP contribution is 2.29. The first kappa shape index (κ1) is 16.2. The van der Waals surface area contributed by atoms with Crippen LogP contribution in [-0.2, 0) is 9.59 Å². The number of carbonyl (C=O) groups is 2. The van der Waals surface area contributed by atoms with E-state index in [2.05, 4.69) is 5.32 Å². The van der Waals surface area contributed by atoms with Crippen LogP contribution in [0.5, 0.6) is 0 Å². The molecule has 6 heteroatoms. The van der Waals surface area contributed by atoms with E-state index in [0.717, 1.165) is 19.5 Å². The van der Waals surface area contributed by atoms with Gasteiger partial charge < -0.3 is 16.0 Å². The number of hydrogen-bond donors (Lipinski definition) is 2. The van der Waals surface area contributed by atoms with Gasteiger partial charge in [-0.1, -0.05) is 6.92 Å². The molecule has 1 rings (SSSR count). The standard InChI is InChI=1S/C11H21N3O2.ClH/c1-2-5-14(8-9-3-4-9)11(16)7-13-10(15)6-12;/h9H,2-8,12H2,1H3,(H,13,15);1H. The van der Waals surface area contributed by atoms with Crippen molar-refractivity contribution in [2.24, 2.45) is 11.7 Å². The number of halogens is 1. The first-order chi connectivity index (χ1) is 7.67. The van der Waals surface area contributed by atoms with Crippen LogP contribution in [0.4, 0.5) is 0 Å². The van der Waals surface area contributed by atoms with Crippen LogP contribution in [0.15, 0.2) is 0 Å². The zero-order valence-corrected chi connectivity index (χ0v) is 11.1. The number of nitrogens with two attached hydrogens (primary N) is 1. The average Bonchev–Trinajstić information content (AvgIpc) is 3.08. The maximum Gasteiger partial charge on any atom is 0.241 e. The van der Waals surface area contributed by atoms with E-state index >= 15 is 0 Å². The van der Waals surface area contributed by atoms with Gasteiger partial charge in [0.15, 0.2) is 0 Å². The maximum absolute atomic E-state index is 11.8. The minimum absolute atomic E-state index is 0. The van der Waals surface area contributed by atoms with E-state index in [-0.39, 0.29) is 37.3 Å². The van der Waals surface area contributed by atoms with E-state index in [0.29, 0.717) is 5.92 Å². The SMILES string of the molecule is CCCN(CC1CC1)C(=O)CNC(=O)CN.Cl. The molecule has 17 heavy (non-hydrogen) atoms. The molecule has 0 unspecified atom stereocenters. The van der Waals surface area contributed by atoms with Gasteiger partial charge in [0, 0.05) is 13.1 Å². The highest BCUT2D eigenvalue weighted by Gasteiger charge is 2.26. The molecule has 2 amide bonds. The Morgan fingerprint density at radius 1 is 1.41 bits per heavy atom. The van der Waals surface area contributed by atoms with Crippen LogP contribution in [0.3, 0.4) is 0 Å². The summed E-state index contributed by atoms with van der Waals surface area (Å²) in [5.41, 5.74) is 5.15. The van der Waals surface area contributed by atoms with Crippen molar-refractivity contribution < 1.29 is 9.59 Å². The minimum Gasteiger partial charge on any atom is -0.346 e. The summed E-state index contributed by atoms with van der Waals surface area (Å²) >= 11 is 0. The van der Waals surface area contributed by atoms with Gasteiger partial charge in [0.25, 0.3) is 0 Å². The van der Waals surface area contributed by atoms with Crippen molar-refractivity contribution in [3.63, 3.8) is 0 Å². The third-order valence-electron chi connectivity index (χ3n) is 2.64. The second-order valence-electron chi connectivity index (χ2n) is 4.26. The lowest BCUT2D eigenvalue weighted by Gasteiger charge is -2.22. The molecule has 0 saturated heterocycles. The second-order valence-corrected chi connectivity index (χ2v) is 4.26. The molecular weight excluding hydrogens is 242 g/mol. The molecule has 1 fully saturated rings. The first-order valence-electron chi connectivity index (χ1n) is 5.92. The molecule has 5 nitrogen and oxygen atoms in total. The van der Waals surface area contributed by atoms with Gasteiger partial charge in [-0.2, -0.15) is 0 Å². The van der Waals surface area contributed by atoms with Crippen molar-refractivity contribution in [3.8, 4) is 0 Å². The zero-order valence-electron chi connectivity index (χ0n) is 10.3. The maximum atomic E-state index is 11.8. The Bertz CT molecular complexity index is 257. The summed E-state index contributed by atoms with van der Waals surface area (Å²) in [5, 5.41) is 2.51. The third-order valence-corrected chi connectivity index (χ3v) is 2.64. The topological polar surface area (TPSA) is 75.4 Å². The quantitative estimate of drug-likeness (QED) is 0.686.